The SMILES string of the molecule is COOC1(Cc2ccc(O)cc2)N=C2C(Cc3ccccc3)=NC(c3ccc(O)cc3)=CN2C1=O. The van der Waals surface area contributed by atoms with Crippen LogP contribution in [0.1, 0.15) is 16.7 Å². The maximum atomic E-state index is 13.8. The van der Waals surface area contributed by atoms with E-state index in [1.165, 1.54) is 12.0 Å². The number of fused-ring (bicyclic) bond motifs is 1. The fourth-order valence-electron chi connectivity index (χ4n) is 4.13. The van der Waals surface area contributed by atoms with E-state index >= 15 is 0 Å². The van der Waals surface area contributed by atoms with Gasteiger partial charge in [-0.1, -0.05) is 42.5 Å². The van der Waals surface area contributed by atoms with Gasteiger partial charge in [0, 0.05) is 24.6 Å². The molecule has 2 heterocycles. The van der Waals surface area contributed by atoms with Crippen LogP contribution in [-0.4, -0.2) is 45.4 Å². The van der Waals surface area contributed by atoms with Gasteiger partial charge in [0.15, 0.2) is 5.84 Å². The molecule has 2 aliphatic heterocycles. The van der Waals surface area contributed by atoms with Crippen LogP contribution in [0.2, 0.25) is 0 Å². The van der Waals surface area contributed by atoms with Gasteiger partial charge in [0.2, 0.25) is 0 Å². The summed E-state index contributed by atoms with van der Waals surface area (Å²) in [5.41, 5.74) is 1.99. The number of nitrogens with zero attached hydrogens (tertiary/aromatic N) is 3. The quantitative estimate of drug-likeness (QED) is 0.404. The van der Waals surface area contributed by atoms with E-state index in [-0.39, 0.29) is 17.9 Å². The number of hydrogen-bond acceptors (Lipinski definition) is 7. The van der Waals surface area contributed by atoms with Crippen LogP contribution in [0.15, 0.2) is 95.0 Å². The average molecular weight is 469 g/mol. The predicted molar refractivity (Wildman–Crippen MR) is 131 cm³/mol. The second-order valence-corrected chi connectivity index (χ2v) is 8.27. The molecule has 0 saturated carbocycles. The van der Waals surface area contributed by atoms with Gasteiger partial charge in [-0.3, -0.25) is 9.69 Å². The number of amidine groups is 1. The molecule has 8 heteroatoms. The number of carbonyl (C=O) groups is 1. The van der Waals surface area contributed by atoms with Crippen LogP contribution in [0.4, 0.5) is 0 Å². The molecule has 2 aliphatic rings. The summed E-state index contributed by atoms with van der Waals surface area (Å²) in [5, 5.41) is 19.3. The second kappa shape index (κ2) is 9.17. The van der Waals surface area contributed by atoms with Crippen LogP contribution in [-0.2, 0) is 27.4 Å². The Hall–Kier alpha value is -4.27. The van der Waals surface area contributed by atoms with Crippen molar-refractivity contribution in [3.63, 3.8) is 0 Å². The Morgan fingerprint density at radius 1 is 0.886 bits per heavy atom. The van der Waals surface area contributed by atoms with Crippen molar-refractivity contribution in [3.8, 4) is 11.5 Å². The third-order valence-electron chi connectivity index (χ3n) is 5.81. The summed E-state index contributed by atoms with van der Waals surface area (Å²) in [5.74, 6) is 0.228. The highest BCUT2D eigenvalue weighted by atomic mass is 17.2. The lowest BCUT2D eigenvalue weighted by Gasteiger charge is -2.25. The molecular weight excluding hydrogens is 446 g/mol. The largest absolute Gasteiger partial charge is 0.508 e. The maximum absolute atomic E-state index is 13.8. The number of carbonyl (C=O) groups excluding carboxylic acids is 1. The first-order valence-electron chi connectivity index (χ1n) is 11.0. The van der Waals surface area contributed by atoms with Gasteiger partial charge < -0.3 is 10.2 Å². The lowest BCUT2D eigenvalue weighted by atomic mass is 10.0. The zero-order valence-corrected chi connectivity index (χ0v) is 19.0. The molecular formula is C27H23N3O5. The number of hydrogen-bond donors (Lipinski definition) is 2. The van der Waals surface area contributed by atoms with Gasteiger partial charge in [-0.05, 0) is 47.5 Å². The first-order valence-corrected chi connectivity index (χ1v) is 11.0. The van der Waals surface area contributed by atoms with Crippen LogP contribution in [0.5, 0.6) is 11.5 Å². The van der Waals surface area contributed by atoms with Crippen molar-refractivity contribution in [3.05, 3.63) is 102 Å². The van der Waals surface area contributed by atoms with Crippen molar-refractivity contribution in [1.82, 2.24) is 4.90 Å². The molecule has 35 heavy (non-hydrogen) atoms. The molecule has 1 atom stereocenters. The minimum atomic E-state index is -1.65. The predicted octanol–water partition coefficient (Wildman–Crippen LogP) is 3.85. The number of aromatic hydroxyl groups is 2. The molecule has 5 rings (SSSR count). The number of aliphatic imine (C=N–C) groups is 2. The number of phenolic OH excluding ortho intramolecular Hbond substituents is 2. The zero-order chi connectivity index (χ0) is 24.4. The third-order valence-corrected chi connectivity index (χ3v) is 5.81. The molecule has 3 aromatic rings. The number of amides is 1. The first kappa shape index (κ1) is 22.5. The minimum Gasteiger partial charge on any atom is -0.508 e. The Morgan fingerprint density at radius 3 is 2.20 bits per heavy atom. The molecule has 3 aromatic carbocycles. The van der Waals surface area contributed by atoms with Crippen LogP contribution in [0.25, 0.3) is 5.70 Å². The highest BCUT2D eigenvalue weighted by molar-refractivity contribution is 6.47. The van der Waals surface area contributed by atoms with Crippen LogP contribution >= 0.6 is 0 Å². The van der Waals surface area contributed by atoms with E-state index in [4.69, 9.17) is 19.8 Å². The molecule has 0 spiro atoms. The van der Waals surface area contributed by atoms with Gasteiger partial charge in [0.05, 0.1) is 18.5 Å². The van der Waals surface area contributed by atoms with Gasteiger partial charge in [0.25, 0.3) is 11.6 Å². The molecule has 0 bridgehead atoms. The molecule has 1 amide bonds. The van der Waals surface area contributed by atoms with Gasteiger partial charge >= 0.3 is 0 Å². The summed E-state index contributed by atoms with van der Waals surface area (Å²) in [7, 11) is 1.33. The van der Waals surface area contributed by atoms with Crippen molar-refractivity contribution in [2.24, 2.45) is 9.98 Å². The van der Waals surface area contributed by atoms with E-state index in [0.717, 1.165) is 16.7 Å². The van der Waals surface area contributed by atoms with Gasteiger partial charge in [0.1, 0.15) is 11.5 Å². The Labute approximate surface area is 202 Å². The molecule has 0 fully saturated rings. The molecule has 2 N–H and O–H groups in total. The smallest absolute Gasteiger partial charge is 0.291 e. The Bertz CT molecular complexity index is 1330. The Balaban J connectivity index is 1.59. The number of rotatable bonds is 7. The van der Waals surface area contributed by atoms with Crippen molar-refractivity contribution >= 4 is 23.2 Å². The summed E-state index contributed by atoms with van der Waals surface area (Å²) < 4.78 is 0. The summed E-state index contributed by atoms with van der Waals surface area (Å²) in [4.78, 5) is 35.3. The van der Waals surface area contributed by atoms with E-state index in [0.29, 0.717) is 23.7 Å². The topological polar surface area (TPSA) is 104 Å². The normalized spacial score (nSPS) is 19.2. The van der Waals surface area contributed by atoms with Crippen LogP contribution < -0.4 is 0 Å². The Morgan fingerprint density at radius 2 is 1.54 bits per heavy atom. The molecule has 8 nitrogen and oxygen atoms in total. The van der Waals surface area contributed by atoms with Gasteiger partial charge in [-0.25, -0.2) is 14.9 Å². The van der Waals surface area contributed by atoms with Gasteiger partial charge in [-0.2, -0.15) is 4.89 Å². The maximum Gasteiger partial charge on any atom is 0.291 e. The van der Waals surface area contributed by atoms with Crippen molar-refractivity contribution < 1.29 is 24.8 Å². The van der Waals surface area contributed by atoms with E-state index < -0.39 is 11.6 Å². The molecule has 0 aliphatic carbocycles. The summed E-state index contributed by atoms with van der Waals surface area (Å²) in [6.07, 6.45) is 2.17. The molecule has 0 saturated heterocycles. The zero-order valence-electron chi connectivity index (χ0n) is 19.0. The monoisotopic (exact) mass is 469 g/mol. The second-order valence-electron chi connectivity index (χ2n) is 8.27. The standard InChI is InChI=1S/C27H23N3O5/c1-34-35-27(16-19-7-11-21(31)12-8-19)26(33)30-17-24(20-9-13-22(32)14-10-20)28-23(25(30)29-27)15-18-5-3-2-4-6-18/h2-14,17,31-32H,15-16H2,1H3. The summed E-state index contributed by atoms with van der Waals surface area (Å²) in [6.45, 7) is 0. The highest BCUT2D eigenvalue weighted by Crippen LogP contribution is 2.34. The van der Waals surface area contributed by atoms with Crippen LogP contribution in [0, 0.1) is 0 Å². The van der Waals surface area contributed by atoms with E-state index in [1.54, 1.807) is 54.7 Å². The summed E-state index contributed by atoms with van der Waals surface area (Å²) >= 11 is 0. The molecule has 0 radical (unpaired) electrons. The fraction of sp³-hybridized carbons (Fsp3) is 0.148. The Kier molecular flexibility index (Phi) is 5.90. The minimum absolute atomic E-state index is 0.0982. The lowest BCUT2D eigenvalue weighted by molar-refractivity contribution is -0.330. The molecule has 0 aromatic heterocycles. The average Bonchev–Trinajstić information content (AvgIpc) is 3.13. The lowest BCUT2D eigenvalue weighted by Crippen LogP contribution is -2.45. The van der Waals surface area contributed by atoms with Crippen molar-refractivity contribution in [2.75, 3.05) is 7.11 Å². The number of phenols is 2. The van der Waals surface area contributed by atoms with Crippen molar-refractivity contribution in [2.45, 2.75) is 18.6 Å². The first-order chi connectivity index (χ1) is 17.0. The fourth-order valence-corrected chi connectivity index (χ4v) is 4.13. The van der Waals surface area contributed by atoms with Crippen molar-refractivity contribution in [1.29, 1.82) is 0 Å². The molecule has 176 valence electrons. The van der Waals surface area contributed by atoms with Crippen LogP contribution in [0.3, 0.4) is 0 Å². The van der Waals surface area contributed by atoms with Gasteiger partial charge in [-0.15, -0.1) is 0 Å². The number of benzene rings is 3. The highest BCUT2D eigenvalue weighted by Gasteiger charge is 2.52. The summed E-state index contributed by atoms with van der Waals surface area (Å²) in [6, 6.07) is 22.9. The molecule has 1 unspecified atom stereocenters. The van der Waals surface area contributed by atoms with E-state index in [9.17, 15) is 15.0 Å². The third kappa shape index (κ3) is 4.44. The van der Waals surface area contributed by atoms with E-state index in [2.05, 4.69) is 0 Å². The van der Waals surface area contributed by atoms with E-state index in [1.807, 2.05) is 30.3 Å².